The van der Waals surface area contributed by atoms with E-state index in [-0.39, 0.29) is 17.7 Å². The Hall–Kier alpha value is -1.57. The van der Waals surface area contributed by atoms with Crippen LogP contribution in [-0.4, -0.2) is 90.8 Å². The molecule has 0 spiro atoms. The Morgan fingerprint density at radius 2 is 1.74 bits per heavy atom. The second-order valence-corrected chi connectivity index (χ2v) is 10.4. The van der Waals surface area contributed by atoms with E-state index >= 15 is 0 Å². The molecular weight excluding hydrogens is 410 g/mol. The molecule has 3 saturated heterocycles. The highest BCUT2D eigenvalue weighted by molar-refractivity contribution is 8.00. The summed E-state index contributed by atoms with van der Waals surface area (Å²) < 4.78 is 5.40. The van der Waals surface area contributed by atoms with Crippen molar-refractivity contribution in [3.8, 4) is 0 Å². The number of benzene rings is 1. The number of thioether (sulfide) groups is 1. The van der Waals surface area contributed by atoms with Gasteiger partial charge in [-0.2, -0.15) is 0 Å². The molecule has 4 rings (SSSR count). The number of carbonyl (C=O) groups is 2. The lowest BCUT2D eigenvalue weighted by molar-refractivity contribution is -0.143. The molecule has 0 N–H and O–H groups in total. The zero-order valence-electron chi connectivity index (χ0n) is 18.6. The van der Waals surface area contributed by atoms with Crippen molar-refractivity contribution in [1.82, 2.24) is 14.7 Å². The van der Waals surface area contributed by atoms with Crippen molar-refractivity contribution in [3.63, 3.8) is 0 Å². The molecule has 3 fully saturated rings. The number of nitrogens with zero attached hydrogens (tertiary/aromatic N) is 3. The Labute approximate surface area is 190 Å². The van der Waals surface area contributed by atoms with E-state index in [2.05, 4.69) is 36.1 Å². The first-order valence-electron chi connectivity index (χ1n) is 11.7. The fourth-order valence-electron chi connectivity index (χ4n) is 4.68. The molecule has 2 amide bonds. The van der Waals surface area contributed by atoms with Crippen LogP contribution in [0.25, 0.3) is 0 Å². The van der Waals surface area contributed by atoms with Gasteiger partial charge in [0.1, 0.15) is 0 Å². The SMILES string of the molecule is Cc1ccc(SC2CCN(C(=O)C3CCC(=O)N(CCN4CCOCC4)C3)CC2)cc1. The quantitative estimate of drug-likeness (QED) is 0.674. The van der Waals surface area contributed by atoms with Crippen LogP contribution in [0.4, 0.5) is 0 Å². The van der Waals surface area contributed by atoms with Crippen LogP contribution in [0.15, 0.2) is 29.2 Å². The van der Waals surface area contributed by atoms with E-state index in [4.69, 9.17) is 4.74 Å². The third kappa shape index (κ3) is 6.24. The number of likely N-dealkylation sites (tertiary alicyclic amines) is 2. The average molecular weight is 446 g/mol. The summed E-state index contributed by atoms with van der Waals surface area (Å²) in [5, 5.41) is 0.574. The highest BCUT2D eigenvalue weighted by Crippen LogP contribution is 2.31. The fraction of sp³-hybridized carbons (Fsp3) is 0.667. The second-order valence-electron chi connectivity index (χ2n) is 8.98. The summed E-state index contributed by atoms with van der Waals surface area (Å²) in [5.74, 6) is 0.414. The van der Waals surface area contributed by atoms with E-state index in [1.54, 1.807) is 0 Å². The largest absolute Gasteiger partial charge is 0.379 e. The third-order valence-corrected chi connectivity index (χ3v) is 8.07. The first-order chi connectivity index (χ1) is 15.1. The van der Waals surface area contributed by atoms with Crippen LogP contribution in [0, 0.1) is 12.8 Å². The Morgan fingerprint density at radius 1 is 1.03 bits per heavy atom. The number of aryl methyl sites for hydroxylation is 1. The maximum atomic E-state index is 13.2. The number of rotatable bonds is 6. The molecule has 170 valence electrons. The minimum atomic E-state index is -0.0382. The van der Waals surface area contributed by atoms with Crippen LogP contribution in [-0.2, 0) is 14.3 Å². The molecule has 1 unspecified atom stereocenters. The molecule has 3 heterocycles. The predicted molar refractivity (Wildman–Crippen MR) is 123 cm³/mol. The van der Waals surface area contributed by atoms with Gasteiger partial charge in [-0.25, -0.2) is 0 Å². The predicted octanol–water partition coefficient (Wildman–Crippen LogP) is 2.65. The number of hydrogen-bond acceptors (Lipinski definition) is 5. The minimum Gasteiger partial charge on any atom is -0.379 e. The summed E-state index contributed by atoms with van der Waals surface area (Å²) in [6, 6.07) is 8.72. The van der Waals surface area contributed by atoms with E-state index in [9.17, 15) is 9.59 Å². The highest BCUT2D eigenvalue weighted by Gasteiger charge is 2.34. The van der Waals surface area contributed by atoms with Gasteiger partial charge >= 0.3 is 0 Å². The van der Waals surface area contributed by atoms with Gasteiger partial charge in [0.25, 0.3) is 0 Å². The monoisotopic (exact) mass is 445 g/mol. The van der Waals surface area contributed by atoms with E-state index in [1.807, 2.05) is 21.6 Å². The molecule has 1 aromatic carbocycles. The minimum absolute atomic E-state index is 0.0382. The molecule has 6 nitrogen and oxygen atoms in total. The standard InChI is InChI=1S/C24H35N3O3S/c1-19-2-5-21(6-3-19)31-22-8-10-26(11-9-22)24(29)20-4-7-23(28)27(18-20)13-12-25-14-16-30-17-15-25/h2-3,5-6,20,22H,4,7-18H2,1H3. The normalized spacial score (nSPS) is 23.9. The van der Waals surface area contributed by atoms with Gasteiger partial charge in [0, 0.05) is 62.4 Å². The molecule has 0 radical (unpaired) electrons. The Morgan fingerprint density at radius 3 is 2.45 bits per heavy atom. The van der Waals surface area contributed by atoms with Gasteiger partial charge in [0.2, 0.25) is 11.8 Å². The molecule has 7 heteroatoms. The number of piperidine rings is 2. The van der Waals surface area contributed by atoms with Crippen molar-refractivity contribution in [3.05, 3.63) is 29.8 Å². The van der Waals surface area contributed by atoms with Crippen molar-refractivity contribution < 1.29 is 14.3 Å². The topological polar surface area (TPSA) is 53.1 Å². The zero-order chi connectivity index (χ0) is 21.6. The van der Waals surface area contributed by atoms with Crippen molar-refractivity contribution in [2.45, 2.75) is 42.8 Å². The van der Waals surface area contributed by atoms with Gasteiger partial charge < -0.3 is 14.5 Å². The highest BCUT2D eigenvalue weighted by atomic mass is 32.2. The van der Waals surface area contributed by atoms with E-state index in [0.717, 1.165) is 65.3 Å². The Balaban J connectivity index is 1.23. The molecular formula is C24H35N3O3S. The lowest BCUT2D eigenvalue weighted by Crippen LogP contribution is -2.51. The lowest BCUT2D eigenvalue weighted by atomic mass is 9.95. The number of hydrogen-bond donors (Lipinski definition) is 0. The van der Waals surface area contributed by atoms with Crippen LogP contribution in [0.5, 0.6) is 0 Å². The van der Waals surface area contributed by atoms with Gasteiger partial charge in [0.15, 0.2) is 0 Å². The van der Waals surface area contributed by atoms with Crippen molar-refractivity contribution in [1.29, 1.82) is 0 Å². The number of ether oxygens (including phenoxy) is 1. The third-order valence-electron chi connectivity index (χ3n) is 6.72. The molecule has 0 bridgehead atoms. The zero-order valence-corrected chi connectivity index (χ0v) is 19.4. The van der Waals surface area contributed by atoms with Gasteiger partial charge in [-0.05, 0) is 38.3 Å². The molecule has 1 atom stereocenters. The summed E-state index contributed by atoms with van der Waals surface area (Å²) >= 11 is 1.94. The summed E-state index contributed by atoms with van der Waals surface area (Å²) in [5.41, 5.74) is 1.29. The maximum Gasteiger partial charge on any atom is 0.227 e. The fourth-order valence-corrected chi connectivity index (χ4v) is 5.81. The van der Waals surface area contributed by atoms with Gasteiger partial charge in [-0.1, -0.05) is 17.7 Å². The summed E-state index contributed by atoms with van der Waals surface area (Å²) in [6.07, 6.45) is 3.27. The van der Waals surface area contributed by atoms with Crippen LogP contribution in [0.2, 0.25) is 0 Å². The van der Waals surface area contributed by atoms with Crippen LogP contribution < -0.4 is 0 Å². The average Bonchev–Trinajstić information content (AvgIpc) is 2.81. The van der Waals surface area contributed by atoms with Crippen molar-refractivity contribution in [2.24, 2.45) is 5.92 Å². The molecule has 1 aromatic rings. The van der Waals surface area contributed by atoms with Crippen molar-refractivity contribution >= 4 is 23.6 Å². The summed E-state index contributed by atoms with van der Waals surface area (Å²) in [6.45, 7) is 9.36. The van der Waals surface area contributed by atoms with Crippen LogP contribution >= 0.6 is 11.8 Å². The van der Waals surface area contributed by atoms with E-state index in [0.29, 0.717) is 24.6 Å². The van der Waals surface area contributed by atoms with Crippen molar-refractivity contribution in [2.75, 3.05) is 59.0 Å². The van der Waals surface area contributed by atoms with Gasteiger partial charge in [0.05, 0.1) is 19.1 Å². The molecule has 0 aliphatic carbocycles. The molecule has 0 aromatic heterocycles. The molecule has 3 aliphatic heterocycles. The first-order valence-corrected chi connectivity index (χ1v) is 12.6. The van der Waals surface area contributed by atoms with Gasteiger partial charge in [-0.15, -0.1) is 11.8 Å². The molecule has 3 aliphatic rings. The number of carbonyl (C=O) groups excluding carboxylic acids is 2. The Bertz CT molecular complexity index is 743. The first kappa shape index (κ1) is 22.6. The van der Waals surface area contributed by atoms with Gasteiger partial charge in [-0.3, -0.25) is 14.5 Å². The smallest absolute Gasteiger partial charge is 0.227 e. The van der Waals surface area contributed by atoms with Crippen LogP contribution in [0.3, 0.4) is 0 Å². The molecule has 31 heavy (non-hydrogen) atoms. The second kappa shape index (κ2) is 10.8. The van der Waals surface area contributed by atoms with E-state index < -0.39 is 0 Å². The summed E-state index contributed by atoms with van der Waals surface area (Å²) in [4.78, 5) is 33.2. The molecule has 0 saturated carbocycles. The Kier molecular flexibility index (Phi) is 7.91. The maximum absolute atomic E-state index is 13.2. The van der Waals surface area contributed by atoms with E-state index in [1.165, 1.54) is 10.5 Å². The number of amides is 2. The number of morpholine rings is 1. The lowest BCUT2D eigenvalue weighted by Gasteiger charge is -2.38. The summed E-state index contributed by atoms with van der Waals surface area (Å²) in [7, 11) is 0. The van der Waals surface area contributed by atoms with Crippen LogP contribution in [0.1, 0.15) is 31.2 Å².